The number of hydrogen-bond acceptors (Lipinski definition) is 5. The standard InChI is InChI=1S/C29H30N4O2/c1-21-5-7-25(16-28(21)32-18-27-4-2-3-10-31-27)29(34)33-12-13-35-20-23(19-33)14-22-6-8-24-9-11-30-17-26(24)15-22/h2-11,15-17,23,32H,12-14,18-20H2,1H3/t23-/m1/s1. The van der Waals surface area contributed by atoms with Crippen LogP contribution in [-0.2, 0) is 17.7 Å². The number of carbonyl (C=O) groups is 1. The second kappa shape index (κ2) is 10.7. The predicted octanol–water partition coefficient (Wildman–Crippen LogP) is 4.88. The average molecular weight is 467 g/mol. The van der Waals surface area contributed by atoms with E-state index in [1.807, 2.05) is 66.7 Å². The van der Waals surface area contributed by atoms with E-state index in [2.05, 4.69) is 33.5 Å². The summed E-state index contributed by atoms with van der Waals surface area (Å²) in [5.41, 5.74) is 4.94. The van der Waals surface area contributed by atoms with Gasteiger partial charge >= 0.3 is 0 Å². The lowest BCUT2D eigenvalue weighted by atomic mass is 9.97. The summed E-state index contributed by atoms with van der Waals surface area (Å²) in [6.07, 6.45) is 6.36. The summed E-state index contributed by atoms with van der Waals surface area (Å²) < 4.78 is 5.89. The molecule has 6 heteroatoms. The van der Waals surface area contributed by atoms with Crippen LogP contribution in [0.2, 0.25) is 0 Å². The molecule has 5 rings (SSSR count). The Morgan fingerprint density at radius 1 is 1.09 bits per heavy atom. The minimum atomic E-state index is 0.0455. The molecule has 178 valence electrons. The summed E-state index contributed by atoms with van der Waals surface area (Å²) in [6.45, 7) is 5.14. The van der Waals surface area contributed by atoms with E-state index in [-0.39, 0.29) is 11.8 Å². The van der Waals surface area contributed by atoms with Gasteiger partial charge < -0.3 is 15.0 Å². The monoisotopic (exact) mass is 466 g/mol. The number of rotatable bonds is 6. The van der Waals surface area contributed by atoms with Crippen molar-refractivity contribution in [2.75, 3.05) is 31.6 Å². The van der Waals surface area contributed by atoms with E-state index >= 15 is 0 Å². The second-order valence-electron chi connectivity index (χ2n) is 9.16. The molecule has 6 nitrogen and oxygen atoms in total. The molecular formula is C29H30N4O2. The van der Waals surface area contributed by atoms with E-state index in [4.69, 9.17) is 4.74 Å². The number of nitrogens with one attached hydrogen (secondary N) is 1. The van der Waals surface area contributed by atoms with E-state index in [0.717, 1.165) is 28.8 Å². The highest BCUT2D eigenvalue weighted by Crippen LogP contribution is 2.22. The van der Waals surface area contributed by atoms with Crippen LogP contribution in [0.1, 0.15) is 27.2 Å². The minimum absolute atomic E-state index is 0.0455. The van der Waals surface area contributed by atoms with Crippen molar-refractivity contribution in [1.82, 2.24) is 14.9 Å². The largest absolute Gasteiger partial charge is 0.379 e. The van der Waals surface area contributed by atoms with Crippen LogP contribution in [0.25, 0.3) is 10.8 Å². The highest BCUT2D eigenvalue weighted by Gasteiger charge is 2.24. The first-order valence-electron chi connectivity index (χ1n) is 12.1. The van der Waals surface area contributed by atoms with Crippen LogP contribution in [0.4, 0.5) is 5.69 Å². The Kier molecular flexibility index (Phi) is 7.00. The molecular weight excluding hydrogens is 436 g/mol. The van der Waals surface area contributed by atoms with Gasteiger partial charge in [-0.25, -0.2) is 0 Å². The molecule has 1 amide bonds. The molecule has 0 unspecified atom stereocenters. The van der Waals surface area contributed by atoms with Gasteiger partial charge in [0.25, 0.3) is 5.91 Å². The van der Waals surface area contributed by atoms with Crippen LogP contribution in [0.5, 0.6) is 0 Å². The molecule has 1 aliphatic rings. The second-order valence-corrected chi connectivity index (χ2v) is 9.16. The molecule has 35 heavy (non-hydrogen) atoms. The number of aromatic nitrogens is 2. The fourth-order valence-electron chi connectivity index (χ4n) is 4.60. The smallest absolute Gasteiger partial charge is 0.254 e. The van der Waals surface area contributed by atoms with E-state index in [0.29, 0.717) is 38.4 Å². The summed E-state index contributed by atoms with van der Waals surface area (Å²) in [5.74, 6) is 0.284. The first-order chi connectivity index (χ1) is 17.2. The van der Waals surface area contributed by atoms with Crippen molar-refractivity contribution in [2.45, 2.75) is 19.9 Å². The number of amides is 1. The highest BCUT2D eigenvalue weighted by molar-refractivity contribution is 5.95. The van der Waals surface area contributed by atoms with Gasteiger partial charge in [0.05, 0.1) is 25.5 Å². The average Bonchev–Trinajstić information content (AvgIpc) is 3.14. The Hall–Kier alpha value is -3.77. The van der Waals surface area contributed by atoms with Crippen molar-refractivity contribution in [3.05, 3.63) is 102 Å². The molecule has 0 radical (unpaired) electrons. The summed E-state index contributed by atoms with van der Waals surface area (Å²) in [7, 11) is 0. The number of ether oxygens (including phenoxy) is 1. The van der Waals surface area contributed by atoms with Gasteiger partial charge in [-0.1, -0.05) is 24.3 Å². The number of hydrogen-bond donors (Lipinski definition) is 1. The lowest BCUT2D eigenvalue weighted by Gasteiger charge is -2.24. The fraction of sp³-hybridized carbons (Fsp3) is 0.276. The third kappa shape index (κ3) is 5.66. The van der Waals surface area contributed by atoms with Crippen molar-refractivity contribution >= 4 is 22.4 Å². The van der Waals surface area contributed by atoms with Crippen LogP contribution < -0.4 is 5.32 Å². The van der Waals surface area contributed by atoms with Crippen LogP contribution in [0.15, 0.2) is 79.3 Å². The molecule has 1 N–H and O–H groups in total. The molecule has 0 saturated carbocycles. The van der Waals surface area contributed by atoms with Gasteiger partial charge in [0, 0.05) is 54.2 Å². The molecule has 0 aliphatic carbocycles. The summed E-state index contributed by atoms with van der Waals surface area (Å²) in [6, 6.07) is 20.3. The number of carbonyl (C=O) groups excluding carboxylic acids is 1. The molecule has 0 bridgehead atoms. The molecule has 0 spiro atoms. The zero-order chi connectivity index (χ0) is 24.0. The number of pyridine rings is 2. The van der Waals surface area contributed by atoms with Gasteiger partial charge in [-0.15, -0.1) is 0 Å². The van der Waals surface area contributed by atoms with Gasteiger partial charge in [-0.3, -0.25) is 14.8 Å². The number of anilines is 1. The molecule has 1 aliphatic heterocycles. The lowest BCUT2D eigenvalue weighted by molar-refractivity contribution is 0.0737. The van der Waals surface area contributed by atoms with Crippen molar-refractivity contribution in [1.29, 1.82) is 0 Å². The predicted molar refractivity (Wildman–Crippen MR) is 138 cm³/mol. The van der Waals surface area contributed by atoms with Gasteiger partial charge in [0.15, 0.2) is 0 Å². The maximum Gasteiger partial charge on any atom is 0.254 e. The molecule has 2 aromatic carbocycles. The first kappa shape index (κ1) is 23.0. The maximum absolute atomic E-state index is 13.5. The quantitative estimate of drug-likeness (QED) is 0.439. The van der Waals surface area contributed by atoms with E-state index < -0.39 is 0 Å². The van der Waals surface area contributed by atoms with Crippen LogP contribution >= 0.6 is 0 Å². The Balaban J connectivity index is 1.28. The number of nitrogens with zero attached hydrogens (tertiary/aromatic N) is 3. The SMILES string of the molecule is Cc1ccc(C(=O)N2CCOC[C@H](Cc3ccc4ccncc4c3)C2)cc1NCc1ccccn1. The Morgan fingerprint density at radius 2 is 2.03 bits per heavy atom. The van der Waals surface area contributed by atoms with Gasteiger partial charge in [-0.2, -0.15) is 0 Å². The molecule has 1 atom stereocenters. The first-order valence-corrected chi connectivity index (χ1v) is 12.1. The van der Waals surface area contributed by atoms with Crippen molar-refractivity contribution in [2.24, 2.45) is 5.92 Å². The van der Waals surface area contributed by atoms with Crippen molar-refractivity contribution in [3.63, 3.8) is 0 Å². The number of aryl methyl sites for hydroxylation is 1. The van der Waals surface area contributed by atoms with Gasteiger partial charge in [-0.05, 0) is 66.3 Å². The lowest BCUT2D eigenvalue weighted by Crippen LogP contribution is -2.36. The Morgan fingerprint density at radius 3 is 2.91 bits per heavy atom. The summed E-state index contributed by atoms with van der Waals surface area (Å²) >= 11 is 0. The zero-order valence-electron chi connectivity index (χ0n) is 20.0. The minimum Gasteiger partial charge on any atom is -0.379 e. The maximum atomic E-state index is 13.5. The molecule has 2 aromatic heterocycles. The van der Waals surface area contributed by atoms with Gasteiger partial charge in [0.2, 0.25) is 0 Å². The van der Waals surface area contributed by atoms with Gasteiger partial charge in [0.1, 0.15) is 0 Å². The van der Waals surface area contributed by atoms with E-state index in [1.165, 1.54) is 10.9 Å². The normalized spacial score (nSPS) is 16.1. The molecule has 1 saturated heterocycles. The highest BCUT2D eigenvalue weighted by atomic mass is 16.5. The fourth-order valence-corrected chi connectivity index (χ4v) is 4.60. The summed E-state index contributed by atoms with van der Waals surface area (Å²) in [5, 5.41) is 5.75. The van der Waals surface area contributed by atoms with Crippen LogP contribution in [-0.4, -0.2) is 47.1 Å². The molecule has 1 fully saturated rings. The third-order valence-electron chi connectivity index (χ3n) is 6.52. The summed E-state index contributed by atoms with van der Waals surface area (Å²) in [4.78, 5) is 24.0. The molecule has 4 aromatic rings. The number of benzene rings is 2. The van der Waals surface area contributed by atoms with Crippen molar-refractivity contribution in [3.8, 4) is 0 Å². The topological polar surface area (TPSA) is 67.4 Å². The zero-order valence-corrected chi connectivity index (χ0v) is 20.0. The Bertz CT molecular complexity index is 1310. The van der Waals surface area contributed by atoms with Crippen molar-refractivity contribution < 1.29 is 9.53 Å². The van der Waals surface area contributed by atoms with E-state index in [1.54, 1.807) is 6.20 Å². The number of fused-ring (bicyclic) bond motifs is 1. The molecule has 3 heterocycles. The van der Waals surface area contributed by atoms with Crippen LogP contribution in [0, 0.1) is 12.8 Å². The van der Waals surface area contributed by atoms with Crippen LogP contribution in [0.3, 0.4) is 0 Å². The van der Waals surface area contributed by atoms with E-state index in [9.17, 15) is 4.79 Å². The Labute approximate surface area is 206 Å². The third-order valence-corrected chi connectivity index (χ3v) is 6.52.